The van der Waals surface area contributed by atoms with Crippen molar-refractivity contribution in [3.63, 3.8) is 0 Å². The van der Waals surface area contributed by atoms with Crippen LogP contribution in [0, 0.1) is 0 Å². The van der Waals surface area contributed by atoms with Crippen molar-refractivity contribution in [2.45, 2.75) is 0 Å². The predicted molar refractivity (Wildman–Crippen MR) is 74.0 cm³/mol. The van der Waals surface area contributed by atoms with Gasteiger partial charge in [0.25, 0.3) is 0 Å². The Bertz CT molecular complexity index is 590. The molecule has 2 rings (SSSR count). The first-order chi connectivity index (χ1) is 7.43. The fourth-order valence-corrected chi connectivity index (χ4v) is 3.05. The van der Waals surface area contributed by atoms with Crippen molar-refractivity contribution in [3.8, 4) is 0 Å². The van der Waals surface area contributed by atoms with Crippen molar-refractivity contribution in [1.82, 2.24) is 0 Å². The van der Waals surface area contributed by atoms with E-state index in [1.807, 2.05) is 0 Å². The van der Waals surface area contributed by atoms with Gasteiger partial charge in [0, 0.05) is 15.8 Å². The number of halogens is 6. The number of fused-ring (bicyclic) bond motifs is 1. The van der Waals surface area contributed by atoms with Crippen LogP contribution < -0.4 is 0 Å². The van der Waals surface area contributed by atoms with Crippen LogP contribution in [0.25, 0.3) is 10.8 Å². The maximum atomic E-state index is 6.06. The molecule has 0 aliphatic heterocycles. The summed E-state index contributed by atoms with van der Waals surface area (Å²) in [6, 6.07) is 3.21. The average Bonchev–Trinajstić information content (AvgIpc) is 2.22. The molecule has 0 heterocycles. The van der Waals surface area contributed by atoms with E-state index in [0.717, 1.165) is 0 Å². The molecule has 0 aliphatic carbocycles. The highest BCUT2D eigenvalue weighted by molar-refractivity contribution is 6.56. The van der Waals surface area contributed by atoms with Gasteiger partial charge in [0.15, 0.2) is 0 Å². The van der Waals surface area contributed by atoms with Gasteiger partial charge in [-0.2, -0.15) is 0 Å². The summed E-state index contributed by atoms with van der Waals surface area (Å²) in [4.78, 5) is 0. The third-order valence-electron chi connectivity index (χ3n) is 2.09. The van der Waals surface area contributed by atoms with E-state index in [-0.39, 0.29) is 20.1 Å². The molecule has 0 radical (unpaired) electrons. The highest BCUT2D eigenvalue weighted by Crippen LogP contribution is 2.46. The molecule has 6 heteroatoms. The minimum absolute atomic E-state index is 0.185. The van der Waals surface area contributed by atoms with Crippen LogP contribution in [0.4, 0.5) is 0 Å². The fraction of sp³-hybridized carbons (Fsp3) is 0. The van der Waals surface area contributed by atoms with E-state index in [0.29, 0.717) is 20.8 Å². The lowest BCUT2D eigenvalue weighted by Gasteiger charge is -2.10. The minimum Gasteiger partial charge on any atom is -0.0843 e. The lowest BCUT2D eigenvalue weighted by atomic mass is 11.1. The lowest BCUT2D eigenvalue weighted by Crippen LogP contribution is -1.83. The Morgan fingerprint density at radius 2 is 1.19 bits per heavy atom. The van der Waals surface area contributed by atoms with Gasteiger partial charge >= 0.3 is 0 Å². The monoisotopic (exact) mass is 342 g/mol. The minimum atomic E-state index is 0.185. The molecular weight excluding hydrogens is 343 g/mol. The average molecular weight is 345 g/mol. The third kappa shape index (κ3) is 1.96. The molecule has 0 nitrogen and oxygen atoms in total. The molecule has 0 saturated carbocycles. The number of hydrogen-bond donors (Lipinski definition) is 0. The molecule has 16 heavy (non-hydrogen) atoms. The smallest absolute Gasteiger partial charge is 0.0800 e. The van der Waals surface area contributed by atoms with Crippen molar-refractivity contribution < 1.29 is 0 Å². The third-order valence-corrected chi connectivity index (χ3v) is 4.42. The highest BCUT2D eigenvalue weighted by Gasteiger charge is 2.17. The molecule has 84 valence electrons. The first kappa shape index (κ1) is 12.9. The Kier molecular flexibility index (Phi) is 3.71. The highest BCUT2D eigenvalue weighted by atomic mass is 35.5. The molecule has 0 amide bonds. The Morgan fingerprint density at radius 3 is 1.81 bits per heavy atom. The number of rotatable bonds is 0. The Hall–Kier alpha value is 0.440. The zero-order chi connectivity index (χ0) is 12.0. The maximum absolute atomic E-state index is 6.06. The summed E-state index contributed by atoms with van der Waals surface area (Å²) < 4.78 is 0. The second-order valence-corrected chi connectivity index (χ2v) is 5.42. The van der Waals surface area contributed by atoms with E-state index in [4.69, 9.17) is 69.6 Å². The first-order valence-electron chi connectivity index (χ1n) is 4.04. The van der Waals surface area contributed by atoms with Crippen LogP contribution in [0.1, 0.15) is 0 Å². The Morgan fingerprint density at radius 1 is 0.625 bits per heavy atom. The van der Waals surface area contributed by atoms with Crippen LogP contribution in [-0.4, -0.2) is 0 Å². The summed E-state index contributed by atoms with van der Waals surface area (Å²) in [5, 5.41) is 2.90. The van der Waals surface area contributed by atoms with E-state index in [1.165, 1.54) is 0 Å². The molecule has 0 aromatic heterocycles. The zero-order valence-corrected chi connectivity index (χ0v) is 12.0. The SMILES string of the molecule is Cl[13c]1[13cH][13c](Cl)[13c]2[13c](Cl)[13c](Cl)[13c](Cl)[13c](Cl)[13c]2[13cH]1. The summed E-state index contributed by atoms with van der Waals surface area (Å²) in [7, 11) is 0. The summed E-state index contributed by atoms with van der Waals surface area (Å²) in [5.74, 6) is 0. The second kappa shape index (κ2) is 4.61. The van der Waals surface area contributed by atoms with Gasteiger partial charge in [-0.3, -0.25) is 0 Å². The second-order valence-electron chi connectivity index (χ2n) is 3.07. The van der Waals surface area contributed by atoms with Gasteiger partial charge in [0.1, 0.15) is 0 Å². The van der Waals surface area contributed by atoms with Crippen molar-refractivity contribution in [2.24, 2.45) is 0 Å². The molecule has 2 aromatic rings. The molecule has 0 N–H and O–H groups in total. The number of benzene rings is 2. The van der Waals surface area contributed by atoms with Gasteiger partial charge in [-0.15, -0.1) is 0 Å². The van der Waals surface area contributed by atoms with Gasteiger partial charge in [-0.1, -0.05) is 69.6 Å². The van der Waals surface area contributed by atoms with Crippen molar-refractivity contribution >= 4 is 80.4 Å². The van der Waals surface area contributed by atoms with E-state index in [1.54, 1.807) is 12.1 Å². The topological polar surface area (TPSA) is 0 Å². The van der Waals surface area contributed by atoms with Crippen LogP contribution in [0.5, 0.6) is 0 Å². The maximum Gasteiger partial charge on any atom is 0.0800 e. The van der Waals surface area contributed by atoms with Crippen LogP contribution in [0.3, 0.4) is 0 Å². The summed E-state index contributed by atoms with van der Waals surface area (Å²) in [6.07, 6.45) is 0. The van der Waals surface area contributed by atoms with Gasteiger partial charge in [0.2, 0.25) is 0 Å². The molecule has 0 fully saturated rings. The Labute approximate surface area is 122 Å². The molecule has 0 saturated heterocycles. The summed E-state index contributed by atoms with van der Waals surface area (Å²) >= 11 is 35.9. The zero-order valence-electron chi connectivity index (χ0n) is 7.42. The van der Waals surface area contributed by atoms with Crippen molar-refractivity contribution in [2.75, 3.05) is 0 Å². The van der Waals surface area contributed by atoms with Crippen LogP contribution in [0.15, 0.2) is 12.1 Å². The molecule has 0 bridgehead atoms. The van der Waals surface area contributed by atoms with Gasteiger partial charge in [0.05, 0.1) is 25.1 Å². The summed E-state index contributed by atoms with van der Waals surface area (Å²) in [5.41, 5.74) is 0. The fourth-order valence-electron chi connectivity index (χ4n) is 1.39. The lowest BCUT2D eigenvalue weighted by molar-refractivity contribution is 1.73. The molecule has 0 aliphatic rings. The van der Waals surface area contributed by atoms with E-state index in [9.17, 15) is 0 Å². The molecule has 0 atom stereocenters. The van der Waals surface area contributed by atoms with Crippen molar-refractivity contribution in [1.29, 1.82) is 0 Å². The van der Waals surface area contributed by atoms with Gasteiger partial charge in [-0.05, 0) is 12.1 Å². The molecule has 0 spiro atoms. The molecular formula is C10H2Cl6. The normalized spacial score (nSPS) is 11.1. The first-order valence-corrected chi connectivity index (χ1v) is 6.31. The predicted octanol–water partition coefficient (Wildman–Crippen LogP) is 6.76. The molecule has 0 unspecified atom stereocenters. The molecule has 2 aromatic carbocycles. The summed E-state index contributed by atoms with van der Waals surface area (Å²) in [6.45, 7) is 0. The van der Waals surface area contributed by atoms with E-state index < -0.39 is 0 Å². The quantitative estimate of drug-likeness (QED) is 0.366. The van der Waals surface area contributed by atoms with E-state index >= 15 is 0 Å². The van der Waals surface area contributed by atoms with Crippen LogP contribution >= 0.6 is 69.6 Å². The number of hydrogen-bond acceptors (Lipinski definition) is 0. The van der Waals surface area contributed by atoms with E-state index in [2.05, 4.69) is 0 Å². The van der Waals surface area contributed by atoms with Crippen LogP contribution in [-0.2, 0) is 0 Å². The van der Waals surface area contributed by atoms with Crippen LogP contribution in [0.2, 0.25) is 30.1 Å². The van der Waals surface area contributed by atoms with Gasteiger partial charge in [-0.25, -0.2) is 0 Å². The standard InChI is InChI=1S/C10H2Cl6/c11-3-1-4-6(5(12)2-3)8(14)10(16)9(15)7(4)13/h1-2H/i1+1,2+1,3+1,4+1,5+1,6+1,7+1,8+1,9+1,10+1. The van der Waals surface area contributed by atoms with Gasteiger partial charge < -0.3 is 0 Å². The van der Waals surface area contributed by atoms with Crippen molar-refractivity contribution in [3.05, 3.63) is 42.3 Å². The largest absolute Gasteiger partial charge is 0.0843 e. The Balaban J connectivity index is 3.08.